The van der Waals surface area contributed by atoms with Gasteiger partial charge in [-0.2, -0.15) is 0 Å². The molecule has 1 aromatic heterocycles. The number of H-pyrrole nitrogens is 1. The van der Waals surface area contributed by atoms with Crippen LogP contribution in [0, 0.1) is 0 Å². The fourth-order valence-electron chi connectivity index (χ4n) is 5.53. The van der Waals surface area contributed by atoms with Gasteiger partial charge in [-0.15, -0.1) is 0 Å². The molecular formula is C30H38N3O7PSi. The summed E-state index contributed by atoms with van der Waals surface area (Å²) >= 11 is 0. The van der Waals surface area contributed by atoms with Gasteiger partial charge in [-0.05, 0) is 21.8 Å². The highest BCUT2D eigenvalue weighted by atomic mass is 31.2. The van der Waals surface area contributed by atoms with Crippen LogP contribution in [0.25, 0.3) is 0 Å². The lowest BCUT2D eigenvalue weighted by atomic mass is 10.2. The van der Waals surface area contributed by atoms with Gasteiger partial charge in [0, 0.05) is 38.8 Å². The van der Waals surface area contributed by atoms with Gasteiger partial charge >= 0.3 is 13.3 Å². The molecule has 42 heavy (non-hydrogen) atoms. The Morgan fingerprint density at radius 3 is 2.07 bits per heavy atom. The molecule has 1 N–H and O–H groups in total. The molecule has 2 aromatic carbocycles. The van der Waals surface area contributed by atoms with Crippen molar-refractivity contribution in [2.75, 3.05) is 20.8 Å². The first-order valence-corrected chi connectivity index (χ1v) is 17.2. The summed E-state index contributed by atoms with van der Waals surface area (Å²) in [6.45, 7) is 6.53. The molecule has 0 radical (unpaired) electrons. The Morgan fingerprint density at radius 2 is 1.57 bits per heavy atom. The van der Waals surface area contributed by atoms with Gasteiger partial charge in [0.2, 0.25) is 5.91 Å². The topological polar surface area (TPSA) is 120 Å². The van der Waals surface area contributed by atoms with Gasteiger partial charge in [-0.25, -0.2) is 4.79 Å². The molecule has 0 unspecified atom stereocenters. The lowest BCUT2D eigenvalue weighted by Crippen LogP contribution is -2.67. The molecule has 4 rings (SSSR count). The molecule has 12 heteroatoms. The summed E-state index contributed by atoms with van der Waals surface area (Å²) in [6, 6.07) is 21.1. The van der Waals surface area contributed by atoms with Crippen molar-refractivity contribution in [1.29, 1.82) is 0 Å². The Morgan fingerprint density at radius 1 is 1.00 bits per heavy atom. The lowest BCUT2D eigenvalue weighted by molar-refractivity contribution is -0.132. The summed E-state index contributed by atoms with van der Waals surface area (Å²) in [7, 11) is -3.84. The number of aromatic nitrogens is 2. The second-order valence-electron chi connectivity index (χ2n) is 11.2. The predicted molar refractivity (Wildman–Crippen MR) is 165 cm³/mol. The number of hydrogen-bond donors (Lipinski definition) is 1. The SMILES string of the molecule is COP(=O)(/C=C/[C@@H]1C[C@@H](O[Si](c2ccccc2)(c2ccccc2)C(C)(C)C)CN1C(=O)Cn1ccc(=O)[nH]c1=O)OC. The van der Waals surface area contributed by atoms with E-state index in [0.29, 0.717) is 6.42 Å². The zero-order chi connectivity index (χ0) is 30.5. The van der Waals surface area contributed by atoms with Gasteiger partial charge in [0.15, 0.2) is 0 Å². The average Bonchev–Trinajstić information content (AvgIpc) is 3.39. The summed E-state index contributed by atoms with van der Waals surface area (Å²) < 4.78 is 31.4. The Kier molecular flexibility index (Phi) is 9.69. The van der Waals surface area contributed by atoms with Crippen molar-refractivity contribution in [3.63, 3.8) is 0 Å². The van der Waals surface area contributed by atoms with Crippen molar-refractivity contribution in [2.24, 2.45) is 0 Å². The maximum absolute atomic E-state index is 13.6. The average molecular weight is 612 g/mol. The van der Waals surface area contributed by atoms with Gasteiger partial charge in [-0.3, -0.25) is 23.7 Å². The summed E-state index contributed by atoms with van der Waals surface area (Å²) in [5.74, 6) is 1.01. The van der Waals surface area contributed by atoms with E-state index in [0.717, 1.165) is 14.9 Å². The second-order valence-corrected chi connectivity index (χ2v) is 17.6. The monoisotopic (exact) mass is 611 g/mol. The standard InChI is InChI=1S/C30H38N3O7PSi/c1-30(2,3)42(25-12-8-6-9-13-25,26-14-10-7-11-15-26)40-24-20-23(17-19-41(37,38-4)39-5)33(21-24)28(35)22-32-18-16-27(34)31-29(32)36/h6-19,23-24H,20-22H2,1-5H3,(H,31,34,36)/b19-17+/t23-,24-/m1/s1. The molecule has 3 aromatic rings. The zero-order valence-corrected chi connectivity index (χ0v) is 26.5. The van der Waals surface area contributed by atoms with E-state index in [-0.39, 0.29) is 30.1 Å². The minimum absolute atomic E-state index is 0.251. The summed E-state index contributed by atoms with van der Waals surface area (Å²) in [5, 5.41) is 1.95. The second kappa shape index (κ2) is 12.9. The number of hydrogen-bond acceptors (Lipinski definition) is 7. The van der Waals surface area contributed by atoms with E-state index in [9.17, 15) is 18.9 Å². The molecular weight excluding hydrogens is 573 g/mol. The smallest absolute Gasteiger partial charge is 0.353 e. The highest BCUT2D eigenvalue weighted by molar-refractivity contribution is 7.57. The van der Waals surface area contributed by atoms with Crippen molar-refractivity contribution < 1.29 is 22.8 Å². The maximum Gasteiger partial charge on any atom is 0.353 e. The molecule has 224 valence electrons. The number of carbonyl (C=O) groups is 1. The third-order valence-corrected chi connectivity index (χ3v) is 14.2. The predicted octanol–water partition coefficient (Wildman–Crippen LogP) is 3.08. The minimum Gasteiger partial charge on any atom is -0.403 e. The van der Waals surface area contributed by atoms with Crippen molar-refractivity contribution in [3.05, 3.63) is 106 Å². The first-order chi connectivity index (χ1) is 19.9. The van der Waals surface area contributed by atoms with Gasteiger partial charge in [0.1, 0.15) is 6.54 Å². The van der Waals surface area contributed by atoms with Gasteiger partial charge in [-0.1, -0.05) is 87.5 Å². The highest BCUT2D eigenvalue weighted by Gasteiger charge is 2.52. The van der Waals surface area contributed by atoms with E-state index < -0.39 is 33.2 Å². The van der Waals surface area contributed by atoms with E-state index in [1.807, 2.05) is 36.4 Å². The molecule has 2 atom stereocenters. The van der Waals surface area contributed by atoms with Crippen LogP contribution in [0.15, 0.2) is 94.4 Å². The Balaban J connectivity index is 1.74. The van der Waals surface area contributed by atoms with Crippen molar-refractivity contribution in [3.8, 4) is 0 Å². The first-order valence-electron chi connectivity index (χ1n) is 13.7. The van der Waals surface area contributed by atoms with E-state index in [4.69, 9.17) is 13.5 Å². The summed E-state index contributed by atoms with van der Waals surface area (Å²) in [5.41, 5.74) is -1.22. The van der Waals surface area contributed by atoms with E-state index in [2.05, 4.69) is 50.0 Å². The normalized spacial score (nSPS) is 18.1. The number of rotatable bonds is 10. The van der Waals surface area contributed by atoms with Crippen LogP contribution in [0.3, 0.4) is 0 Å². The largest absolute Gasteiger partial charge is 0.403 e. The van der Waals surface area contributed by atoms with E-state index in [1.54, 1.807) is 11.0 Å². The Hall–Kier alpha value is -3.34. The summed E-state index contributed by atoms with van der Waals surface area (Å²) in [6.07, 6.45) is 3.00. The van der Waals surface area contributed by atoms with Crippen LogP contribution in [0.2, 0.25) is 5.04 Å². The maximum atomic E-state index is 13.6. The van der Waals surface area contributed by atoms with Crippen LogP contribution in [0.5, 0.6) is 0 Å². The van der Waals surface area contributed by atoms with Crippen molar-refractivity contribution >= 4 is 32.2 Å². The number of benzene rings is 2. The molecule has 1 saturated heterocycles. The molecule has 1 aliphatic heterocycles. The third-order valence-electron chi connectivity index (χ3n) is 7.59. The Bertz CT molecular complexity index is 1520. The van der Waals surface area contributed by atoms with Crippen molar-refractivity contribution in [2.45, 2.75) is 50.9 Å². The van der Waals surface area contributed by atoms with Crippen LogP contribution in [-0.2, 0) is 29.4 Å². The third kappa shape index (κ3) is 6.66. The molecule has 2 heterocycles. The number of carbonyl (C=O) groups excluding carboxylic acids is 1. The Labute approximate surface area is 246 Å². The van der Waals surface area contributed by atoms with Crippen LogP contribution in [0.1, 0.15) is 27.2 Å². The van der Waals surface area contributed by atoms with Gasteiger partial charge in [0.25, 0.3) is 13.9 Å². The molecule has 0 saturated carbocycles. The van der Waals surface area contributed by atoms with Crippen LogP contribution >= 0.6 is 7.60 Å². The van der Waals surface area contributed by atoms with Crippen molar-refractivity contribution in [1.82, 2.24) is 14.5 Å². The number of aromatic amines is 1. The molecule has 0 aliphatic carbocycles. The van der Waals surface area contributed by atoms with Gasteiger partial charge in [0.05, 0.1) is 12.1 Å². The quantitative estimate of drug-likeness (QED) is 0.276. The molecule has 1 amide bonds. The highest BCUT2D eigenvalue weighted by Crippen LogP contribution is 2.48. The number of likely N-dealkylation sites (tertiary alicyclic amines) is 1. The van der Waals surface area contributed by atoms with Crippen LogP contribution in [0.4, 0.5) is 0 Å². The zero-order valence-electron chi connectivity index (χ0n) is 24.6. The fourth-order valence-corrected chi connectivity index (χ4v) is 11.0. The molecule has 0 bridgehead atoms. The van der Waals surface area contributed by atoms with Gasteiger partial charge < -0.3 is 18.4 Å². The van der Waals surface area contributed by atoms with E-state index in [1.165, 1.54) is 32.3 Å². The summed E-state index contributed by atoms with van der Waals surface area (Å²) in [4.78, 5) is 41.3. The minimum atomic E-state index is -3.50. The van der Waals surface area contributed by atoms with Crippen LogP contribution in [-0.4, -0.2) is 61.6 Å². The van der Waals surface area contributed by atoms with E-state index >= 15 is 0 Å². The number of nitrogens with zero attached hydrogens (tertiary/aromatic N) is 2. The fraction of sp³-hybridized carbons (Fsp3) is 0.367. The number of amides is 1. The number of nitrogens with one attached hydrogen (secondary N) is 1. The molecule has 10 nitrogen and oxygen atoms in total. The molecule has 0 spiro atoms. The van der Waals surface area contributed by atoms with Crippen LogP contribution < -0.4 is 21.6 Å². The lowest BCUT2D eigenvalue weighted by Gasteiger charge is -2.44. The first kappa shape index (κ1) is 31.6. The molecule has 1 fully saturated rings. The molecule has 1 aliphatic rings.